The van der Waals surface area contributed by atoms with Gasteiger partial charge in [0.2, 0.25) is 11.9 Å². The maximum Gasteiger partial charge on any atom is 0.221 e. The highest BCUT2D eigenvalue weighted by Gasteiger charge is 2.04. The van der Waals surface area contributed by atoms with Crippen molar-refractivity contribution in [1.82, 2.24) is 9.55 Å². The van der Waals surface area contributed by atoms with Gasteiger partial charge in [0.15, 0.2) is 0 Å². The molecule has 6 heteroatoms. The topological polar surface area (TPSA) is 68.2 Å². The second-order valence-corrected chi connectivity index (χ2v) is 4.32. The van der Waals surface area contributed by atoms with Gasteiger partial charge in [0.25, 0.3) is 0 Å². The van der Waals surface area contributed by atoms with Gasteiger partial charge >= 0.3 is 0 Å². The number of hydrogen-bond acceptors (Lipinski definition) is 4. The summed E-state index contributed by atoms with van der Waals surface area (Å²) in [6, 6.07) is 7.48. The SMILES string of the molecule is COCCn1ccnc1Nc1cccc(NC(C)=O)c1. The van der Waals surface area contributed by atoms with Gasteiger partial charge in [0, 0.05) is 44.3 Å². The molecule has 0 aliphatic rings. The number of nitrogens with zero attached hydrogens (tertiary/aromatic N) is 2. The van der Waals surface area contributed by atoms with Crippen molar-refractivity contribution in [3.05, 3.63) is 36.7 Å². The Hall–Kier alpha value is -2.34. The van der Waals surface area contributed by atoms with Crippen LogP contribution in [-0.4, -0.2) is 29.2 Å². The summed E-state index contributed by atoms with van der Waals surface area (Å²) in [6.45, 7) is 2.83. The number of aromatic nitrogens is 2. The largest absolute Gasteiger partial charge is 0.383 e. The molecule has 0 unspecified atom stereocenters. The molecule has 0 radical (unpaired) electrons. The number of rotatable bonds is 6. The minimum atomic E-state index is -0.0938. The van der Waals surface area contributed by atoms with Crippen molar-refractivity contribution in [3.8, 4) is 0 Å². The van der Waals surface area contributed by atoms with Crippen LogP contribution in [0, 0.1) is 0 Å². The first-order valence-corrected chi connectivity index (χ1v) is 6.34. The van der Waals surface area contributed by atoms with E-state index in [1.165, 1.54) is 6.92 Å². The highest BCUT2D eigenvalue weighted by molar-refractivity contribution is 5.89. The molecule has 106 valence electrons. The van der Waals surface area contributed by atoms with Crippen LogP contribution in [0.1, 0.15) is 6.92 Å². The van der Waals surface area contributed by atoms with Crippen LogP contribution in [0.2, 0.25) is 0 Å². The summed E-state index contributed by atoms with van der Waals surface area (Å²) in [5, 5.41) is 5.97. The molecule has 0 spiro atoms. The average molecular weight is 274 g/mol. The quantitative estimate of drug-likeness (QED) is 0.847. The third-order valence-corrected chi connectivity index (χ3v) is 2.69. The second-order valence-electron chi connectivity index (χ2n) is 4.32. The molecule has 0 saturated carbocycles. The van der Waals surface area contributed by atoms with E-state index in [2.05, 4.69) is 15.6 Å². The summed E-state index contributed by atoms with van der Waals surface area (Å²) in [7, 11) is 1.67. The van der Waals surface area contributed by atoms with Crippen LogP contribution in [0.15, 0.2) is 36.7 Å². The Morgan fingerprint density at radius 2 is 2.20 bits per heavy atom. The third-order valence-electron chi connectivity index (χ3n) is 2.69. The molecular formula is C14H18N4O2. The van der Waals surface area contributed by atoms with Crippen molar-refractivity contribution in [2.45, 2.75) is 13.5 Å². The number of methoxy groups -OCH3 is 1. The summed E-state index contributed by atoms with van der Waals surface area (Å²) in [6.07, 6.45) is 3.62. The molecule has 0 bridgehead atoms. The number of anilines is 3. The summed E-state index contributed by atoms with van der Waals surface area (Å²) >= 11 is 0. The summed E-state index contributed by atoms with van der Waals surface area (Å²) in [4.78, 5) is 15.3. The van der Waals surface area contributed by atoms with E-state index >= 15 is 0 Å². The van der Waals surface area contributed by atoms with Gasteiger partial charge in [-0.15, -0.1) is 0 Å². The third kappa shape index (κ3) is 3.83. The van der Waals surface area contributed by atoms with E-state index in [0.717, 1.165) is 23.9 Å². The molecular weight excluding hydrogens is 256 g/mol. The predicted molar refractivity (Wildman–Crippen MR) is 78.1 cm³/mol. The Bertz CT molecular complexity index is 580. The number of nitrogens with one attached hydrogen (secondary N) is 2. The fourth-order valence-corrected chi connectivity index (χ4v) is 1.81. The van der Waals surface area contributed by atoms with E-state index < -0.39 is 0 Å². The summed E-state index contributed by atoms with van der Waals surface area (Å²) < 4.78 is 7.03. The average Bonchev–Trinajstić information content (AvgIpc) is 2.83. The molecule has 0 atom stereocenters. The zero-order valence-corrected chi connectivity index (χ0v) is 11.6. The monoisotopic (exact) mass is 274 g/mol. The van der Waals surface area contributed by atoms with Crippen molar-refractivity contribution in [2.24, 2.45) is 0 Å². The molecule has 2 aromatic rings. The van der Waals surface area contributed by atoms with Crippen molar-refractivity contribution >= 4 is 23.2 Å². The number of carbonyl (C=O) groups excluding carboxylic acids is 1. The highest BCUT2D eigenvalue weighted by atomic mass is 16.5. The number of hydrogen-bond donors (Lipinski definition) is 2. The fraction of sp³-hybridized carbons (Fsp3) is 0.286. The molecule has 1 aromatic heterocycles. The van der Waals surface area contributed by atoms with E-state index in [1.807, 2.05) is 35.0 Å². The summed E-state index contributed by atoms with van der Waals surface area (Å²) in [5.41, 5.74) is 1.61. The Labute approximate surface area is 117 Å². The standard InChI is InChI=1S/C14H18N4O2/c1-11(19)16-12-4-3-5-13(10-12)17-14-15-6-7-18(14)8-9-20-2/h3-7,10H,8-9H2,1-2H3,(H,15,17)(H,16,19). The first-order chi connectivity index (χ1) is 9.69. The molecule has 0 aliphatic heterocycles. The lowest BCUT2D eigenvalue weighted by Crippen LogP contribution is -2.08. The lowest BCUT2D eigenvalue weighted by Gasteiger charge is -2.10. The number of benzene rings is 1. The first kappa shape index (κ1) is 14.1. The molecule has 0 fully saturated rings. The fourth-order valence-electron chi connectivity index (χ4n) is 1.81. The number of imidazole rings is 1. The van der Waals surface area contributed by atoms with Crippen LogP contribution in [0.5, 0.6) is 0 Å². The lowest BCUT2D eigenvalue weighted by atomic mass is 10.3. The number of carbonyl (C=O) groups is 1. The Morgan fingerprint density at radius 3 is 2.95 bits per heavy atom. The highest BCUT2D eigenvalue weighted by Crippen LogP contribution is 2.19. The van der Waals surface area contributed by atoms with Gasteiger partial charge in [-0.3, -0.25) is 4.79 Å². The summed E-state index contributed by atoms with van der Waals surface area (Å²) in [5.74, 6) is 0.644. The number of ether oxygens (including phenoxy) is 1. The van der Waals surface area contributed by atoms with Gasteiger partial charge in [-0.2, -0.15) is 0 Å². The van der Waals surface area contributed by atoms with Crippen LogP contribution in [0.3, 0.4) is 0 Å². The minimum absolute atomic E-state index is 0.0938. The van der Waals surface area contributed by atoms with Crippen LogP contribution >= 0.6 is 0 Å². The first-order valence-electron chi connectivity index (χ1n) is 6.34. The maximum atomic E-state index is 11.1. The maximum absolute atomic E-state index is 11.1. The molecule has 0 aliphatic carbocycles. The van der Waals surface area contributed by atoms with E-state index in [1.54, 1.807) is 13.3 Å². The Balaban J connectivity index is 2.09. The normalized spacial score (nSPS) is 10.3. The molecule has 1 aromatic carbocycles. The smallest absolute Gasteiger partial charge is 0.221 e. The van der Waals surface area contributed by atoms with Crippen molar-refractivity contribution < 1.29 is 9.53 Å². The van der Waals surface area contributed by atoms with Gasteiger partial charge in [-0.25, -0.2) is 4.98 Å². The Morgan fingerprint density at radius 1 is 1.40 bits per heavy atom. The van der Waals surface area contributed by atoms with E-state index in [-0.39, 0.29) is 5.91 Å². The van der Waals surface area contributed by atoms with E-state index in [0.29, 0.717) is 6.61 Å². The Kier molecular flexibility index (Phi) is 4.73. The van der Waals surface area contributed by atoms with Crippen LogP contribution < -0.4 is 10.6 Å². The van der Waals surface area contributed by atoms with Crippen LogP contribution in [-0.2, 0) is 16.1 Å². The minimum Gasteiger partial charge on any atom is -0.383 e. The number of amides is 1. The van der Waals surface area contributed by atoms with E-state index in [4.69, 9.17) is 4.74 Å². The van der Waals surface area contributed by atoms with Gasteiger partial charge in [0.1, 0.15) is 0 Å². The van der Waals surface area contributed by atoms with Gasteiger partial charge in [0.05, 0.1) is 6.61 Å². The zero-order chi connectivity index (χ0) is 14.4. The molecule has 2 rings (SSSR count). The van der Waals surface area contributed by atoms with Gasteiger partial charge in [-0.05, 0) is 18.2 Å². The molecule has 0 saturated heterocycles. The van der Waals surface area contributed by atoms with Gasteiger partial charge in [-0.1, -0.05) is 6.07 Å². The lowest BCUT2D eigenvalue weighted by molar-refractivity contribution is -0.114. The molecule has 1 amide bonds. The predicted octanol–water partition coefficient (Wildman–Crippen LogP) is 2.23. The molecule has 20 heavy (non-hydrogen) atoms. The molecule has 6 nitrogen and oxygen atoms in total. The van der Waals surface area contributed by atoms with Gasteiger partial charge < -0.3 is 19.9 Å². The van der Waals surface area contributed by atoms with E-state index in [9.17, 15) is 4.79 Å². The van der Waals surface area contributed by atoms with Crippen LogP contribution in [0.25, 0.3) is 0 Å². The van der Waals surface area contributed by atoms with Crippen LogP contribution in [0.4, 0.5) is 17.3 Å². The molecule has 1 heterocycles. The van der Waals surface area contributed by atoms with Crippen molar-refractivity contribution in [1.29, 1.82) is 0 Å². The zero-order valence-electron chi connectivity index (χ0n) is 11.6. The second kappa shape index (κ2) is 6.72. The van der Waals surface area contributed by atoms with Crippen molar-refractivity contribution in [2.75, 3.05) is 24.4 Å². The van der Waals surface area contributed by atoms with Crippen molar-refractivity contribution in [3.63, 3.8) is 0 Å². The molecule has 2 N–H and O–H groups in total.